The SMILES string of the molecule is C[C@H](NC(=O)C1CCN(S(=O)(=O)c2ccc(F)cc2)CC1)C(=O)NCCCO. The van der Waals surface area contributed by atoms with E-state index in [9.17, 15) is 22.4 Å². The smallest absolute Gasteiger partial charge is 0.243 e. The molecule has 0 unspecified atom stereocenters. The van der Waals surface area contributed by atoms with Crippen LogP contribution in [0.25, 0.3) is 0 Å². The first kappa shape index (κ1) is 22.3. The molecule has 0 bridgehead atoms. The second kappa shape index (κ2) is 9.94. The van der Waals surface area contributed by atoms with Crippen LogP contribution in [0.3, 0.4) is 0 Å². The first-order valence-electron chi connectivity index (χ1n) is 9.20. The highest BCUT2D eigenvalue weighted by Gasteiger charge is 2.32. The van der Waals surface area contributed by atoms with E-state index in [2.05, 4.69) is 10.6 Å². The lowest BCUT2D eigenvalue weighted by Crippen LogP contribution is -2.49. The summed E-state index contributed by atoms with van der Waals surface area (Å²) in [5, 5.41) is 14.0. The van der Waals surface area contributed by atoms with Gasteiger partial charge in [0.05, 0.1) is 4.90 Å². The average molecular weight is 415 g/mol. The number of halogens is 1. The molecule has 0 radical (unpaired) electrons. The molecule has 0 spiro atoms. The Morgan fingerprint density at radius 3 is 2.43 bits per heavy atom. The lowest BCUT2D eigenvalue weighted by atomic mass is 9.97. The maximum Gasteiger partial charge on any atom is 0.243 e. The number of benzene rings is 1. The molecule has 1 aromatic carbocycles. The van der Waals surface area contributed by atoms with E-state index in [0.717, 1.165) is 12.1 Å². The van der Waals surface area contributed by atoms with Gasteiger partial charge in [-0.2, -0.15) is 4.31 Å². The molecule has 2 rings (SSSR count). The fraction of sp³-hybridized carbons (Fsp3) is 0.556. The van der Waals surface area contributed by atoms with Crippen LogP contribution >= 0.6 is 0 Å². The van der Waals surface area contributed by atoms with Gasteiger partial charge in [-0.05, 0) is 50.5 Å². The normalized spacial score (nSPS) is 17.1. The monoisotopic (exact) mass is 415 g/mol. The predicted molar refractivity (Wildman–Crippen MR) is 100 cm³/mol. The molecule has 0 aromatic heterocycles. The molecule has 1 aliphatic rings. The number of piperidine rings is 1. The number of sulfonamides is 1. The van der Waals surface area contributed by atoms with Crippen molar-refractivity contribution in [1.82, 2.24) is 14.9 Å². The van der Waals surface area contributed by atoms with Crippen molar-refractivity contribution >= 4 is 21.8 Å². The largest absolute Gasteiger partial charge is 0.396 e. The quantitative estimate of drug-likeness (QED) is 0.526. The number of amides is 2. The van der Waals surface area contributed by atoms with Crippen molar-refractivity contribution < 1.29 is 27.5 Å². The topological polar surface area (TPSA) is 116 Å². The third kappa shape index (κ3) is 5.73. The zero-order valence-corrected chi connectivity index (χ0v) is 16.5. The molecule has 0 saturated carbocycles. The highest BCUT2D eigenvalue weighted by Crippen LogP contribution is 2.24. The van der Waals surface area contributed by atoms with E-state index in [1.54, 1.807) is 6.92 Å². The van der Waals surface area contributed by atoms with Crippen molar-refractivity contribution in [2.75, 3.05) is 26.2 Å². The summed E-state index contributed by atoms with van der Waals surface area (Å²) in [7, 11) is -3.73. The Labute approximate surface area is 164 Å². The second-order valence-electron chi connectivity index (χ2n) is 6.73. The average Bonchev–Trinajstić information content (AvgIpc) is 2.68. The zero-order chi connectivity index (χ0) is 20.7. The molecule has 3 N–H and O–H groups in total. The summed E-state index contributed by atoms with van der Waals surface area (Å²) in [6.45, 7) is 2.22. The second-order valence-corrected chi connectivity index (χ2v) is 8.67. The third-order valence-electron chi connectivity index (χ3n) is 4.66. The van der Waals surface area contributed by atoms with Crippen LogP contribution in [0.1, 0.15) is 26.2 Å². The Bertz CT molecular complexity index is 777. The van der Waals surface area contributed by atoms with Gasteiger partial charge in [-0.1, -0.05) is 0 Å². The van der Waals surface area contributed by atoms with E-state index >= 15 is 0 Å². The van der Waals surface area contributed by atoms with Gasteiger partial charge in [0.25, 0.3) is 0 Å². The fourth-order valence-electron chi connectivity index (χ4n) is 2.95. The van der Waals surface area contributed by atoms with E-state index in [-0.39, 0.29) is 42.3 Å². The molecule has 156 valence electrons. The van der Waals surface area contributed by atoms with Crippen LogP contribution < -0.4 is 10.6 Å². The summed E-state index contributed by atoms with van der Waals surface area (Å²) in [6.07, 6.45) is 1.11. The highest BCUT2D eigenvalue weighted by molar-refractivity contribution is 7.89. The molecule has 1 atom stereocenters. The van der Waals surface area contributed by atoms with Gasteiger partial charge in [-0.3, -0.25) is 9.59 Å². The van der Waals surface area contributed by atoms with Gasteiger partial charge in [0.1, 0.15) is 11.9 Å². The number of nitrogens with zero attached hydrogens (tertiary/aromatic N) is 1. The number of aliphatic hydroxyl groups is 1. The summed E-state index contributed by atoms with van der Waals surface area (Å²) in [4.78, 5) is 24.3. The van der Waals surface area contributed by atoms with Crippen molar-refractivity contribution in [2.45, 2.75) is 37.1 Å². The fourth-order valence-corrected chi connectivity index (χ4v) is 4.42. The number of aliphatic hydroxyl groups excluding tert-OH is 1. The van der Waals surface area contributed by atoms with Crippen LogP contribution in [0, 0.1) is 11.7 Å². The number of carbonyl (C=O) groups is 2. The number of nitrogens with one attached hydrogen (secondary N) is 2. The van der Waals surface area contributed by atoms with Crippen LogP contribution in [0.15, 0.2) is 29.2 Å². The van der Waals surface area contributed by atoms with Gasteiger partial charge in [-0.15, -0.1) is 0 Å². The highest BCUT2D eigenvalue weighted by atomic mass is 32.2. The van der Waals surface area contributed by atoms with Crippen LogP contribution in [-0.4, -0.2) is 61.9 Å². The van der Waals surface area contributed by atoms with E-state index in [1.807, 2.05) is 0 Å². The molecule has 1 heterocycles. The van der Waals surface area contributed by atoms with Crippen LogP contribution in [0.4, 0.5) is 4.39 Å². The van der Waals surface area contributed by atoms with Crippen LogP contribution in [0.2, 0.25) is 0 Å². The summed E-state index contributed by atoms with van der Waals surface area (Å²) >= 11 is 0. The number of rotatable bonds is 8. The summed E-state index contributed by atoms with van der Waals surface area (Å²) in [6, 6.07) is 3.92. The van der Waals surface area contributed by atoms with Gasteiger partial charge in [-0.25, -0.2) is 12.8 Å². The molecule has 1 fully saturated rings. The van der Waals surface area contributed by atoms with Gasteiger partial charge in [0.2, 0.25) is 21.8 Å². The van der Waals surface area contributed by atoms with E-state index < -0.39 is 21.9 Å². The van der Waals surface area contributed by atoms with Crippen molar-refractivity contribution in [1.29, 1.82) is 0 Å². The van der Waals surface area contributed by atoms with Crippen molar-refractivity contribution in [2.24, 2.45) is 5.92 Å². The molecule has 1 aromatic rings. The lowest BCUT2D eigenvalue weighted by Gasteiger charge is -2.31. The van der Waals surface area contributed by atoms with Gasteiger partial charge >= 0.3 is 0 Å². The zero-order valence-electron chi connectivity index (χ0n) is 15.7. The van der Waals surface area contributed by atoms with Crippen LogP contribution in [0.5, 0.6) is 0 Å². The van der Waals surface area contributed by atoms with Crippen molar-refractivity contribution in [3.63, 3.8) is 0 Å². The maximum absolute atomic E-state index is 13.0. The maximum atomic E-state index is 13.0. The van der Waals surface area contributed by atoms with E-state index in [0.29, 0.717) is 25.8 Å². The summed E-state index contributed by atoms with van der Waals surface area (Å²) in [5.74, 6) is -1.52. The van der Waals surface area contributed by atoms with Gasteiger partial charge in [0.15, 0.2) is 0 Å². The Hall–Kier alpha value is -2.04. The molecular weight excluding hydrogens is 389 g/mol. The van der Waals surface area contributed by atoms with Gasteiger partial charge < -0.3 is 15.7 Å². The predicted octanol–water partition coefficient (Wildman–Crippen LogP) is 0.230. The Morgan fingerprint density at radius 2 is 1.86 bits per heavy atom. The van der Waals surface area contributed by atoms with Crippen molar-refractivity contribution in [3.05, 3.63) is 30.1 Å². The molecule has 10 heteroatoms. The first-order chi connectivity index (χ1) is 13.3. The summed E-state index contributed by atoms with van der Waals surface area (Å²) < 4.78 is 39.5. The third-order valence-corrected chi connectivity index (χ3v) is 6.58. The minimum absolute atomic E-state index is 0.0185. The number of carbonyl (C=O) groups excluding carboxylic acids is 2. The van der Waals surface area contributed by atoms with Crippen LogP contribution in [-0.2, 0) is 19.6 Å². The minimum atomic E-state index is -3.73. The molecular formula is C18H26FN3O5S. The Balaban J connectivity index is 1.86. The van der Waals surface area contributed by atoms with E-state index in [4.69, 9.17) is 5.11 Å². The number of hydrogen-bond donors (Lipinski definition) is 3. The molecule has 8 nitrogen and oxygen atoms in total. The first-order valence-corrected chi connectivity index (χ1v) is 10.6. The molecule has 0 aliphatic carbocycles. The van der Waals surface area contributed by atoms with E-state index in [1.165, 1.54) is 16.4 Å². The van der Waals surface area contributed by atoms with Crippen molar-refractivity contribution in [3.8, 4) is 0 Å². The number of hydrogen-bond acceptors (Lipinski definition) is 5. The molecule has 2 amide bonds. The minimum Gasteiger partial charge on any atom is -0.396 e. The Kier molecular flexibility index (Phi) is 7.90. The molecule has 1 saturated heterocycles. The summed E-state index contributed by atoms with van der Waals surface area (Å²) in [5.41, 5.74) is 0. The molecule has 28 heavy (non-hydrogen) atoms. The standard InChI is InChI=1S/C18H26FN3O5S/c1-13(17(24)20-9-2-12-23)21-18(25)14-7-10-22(11-8-14)28(26,27)16-5-3-15(19)4-6-16/h3-6,13-14,23H,2,7-12H2,1H3,(H,20,24)(H,21,25)/t13-/m0/s1. The molecule has 1 aliphatic heterocycles. The lowest BCUT2D eigenvalue weighted by molar-refractivity contribution is -0.131. The Morgan fingerprint density at radius 1 is 1.25 bits per heavy atom. The van der Waals surface area contributed by atoms with Gasteiger partial charge in [0, 0.05) is 32.2 Å².